The molecule has 0 radical (unpaired) electrons. The summed E-state index contributed by atoms with van der Waals surface area (Å²) in [6.07, 6.45) is 0. The molecule has 144 valence electrons. The molecule has 0 aliphatic heterocycles. The van der Waals surface area contributed by atoms with Crippen molar-refractivity contribution < 1.29 is 33.1 Å². The topological polar surface area (TPSA) is 109 Å². The highest BCUT2D eigenvalue weighted by atomic mass is 19.1. The molecule has 0 heterocycles. The Labute approximate surface area is 153 Å². The van der Waals surface area contributed by atoms with Gasteiger partial charge in [0.25, 0.3) is 5.91 Å². The van der Waals surface area contributed by atoms with E-state index >= 15 is 0 Å². The number of nitrogens with one attached hydrogen (secondary N) is 1. The number of carbonyl (C=O) groups is 1. The zero-order valence-corrected chi connectivity index (χ0v) is 14.8. The van der Waals surface area contributed by atoms with Crippen molar-refractivity contribution in [1.82, 2.24) is 0 Å². The van der Waals surface area contributed by atoms with Gasteiger partial charge in [-0.1, -0.05) is 0 Å². The molecular formula is C17H17FN2O7. The van der Waals surface area contributed by atoms with Crippen LogP contribution in [0.4, 0.5) is 15.8 Å². The Bertz CT molecular complexity index is 832. The van der Waals surface area contributed by atoms with Gasteiger partial charge in [-0.25, -0.2) is 4.39 Å². The predicted octanol–water partition coefficient (Wildman–Crippen LogP) is 2.78. The van der Waals surface area contributed by atoms with Crippen LogP contribution in [0.15, 0.2) is 30.3 Å². The first-order valence-electron chi connectivity index (χ1n) is 7.56. The van der Waals surface area contributed by atoms with Crippen LogP contribution in [0.1, 0.15) is 0 Å². The SMILES string of the molecule is COc1cc(NC(=O)COc2cc(F)ccc2[N+](=O)[O-])cc(OC)c1OC. The molecule has 2 rings (SSSR count). The van der Waals surface area contributed by atoms with Gasteiger partial charge in [-0.15, -0.1) is 0 Å². The van der Waals surface area contributed by atoms with Crippen molar-refractivity contribution in [2.24, 2.45) is 0 Å². The van der Waals surface area contributed by atoms with E-state index in [0.717, 1.165) is 18.2 Å². The Balaban J connectivity index is 2.13. The van der Waals surface area contributed by atoms with Gasteiger partial charge in [0, 0.05) is 30.0 Å². The van der Waals surface area contributed by atoms with E-state index in [1.54, 1.807) is 0 Å². The van der Waals surface area contributed by atoms with Gasteiger partial charge in [-0.2, -0.15) is 0 Å². The lowest BCUT2D eigenvalue weighted by Crippen LogP contribution is -2.20. The summed E-state index contributed by atoms with van der Waals surface area (Å²) in [5.41, 5.74) is -0.121. The molecule has 0 aliphatic rings. The summed E-state index contributed by atoms with van der Waals surface area (Å²) >= 11 is 0. The second-order valence-corrected chi connectivity index (χ2v) is 5.12. The average molecular weight is 380 g/mol. The largest absolute Gasteiger partial charge is 0.493 e. The van der Waals surface area contributed by atoms with Crippen LogP contribution >= 0.6 is 0 Å². The standard InChI is InChI=1S/C17H17FN2O7/c1-24-14-7-11(8-15(25-2)17(14)26-3)19-16(21)9-27-13-6-10(18)4-5-12(13)20(22)23/h4-8H,9H2,1-3H3,(H,19,21). The Kier molecular flexibility index (Phi) is 6.36. The highest BCUT2D eigenvalue weighted by Gasteiger charge is 2.18. The number of nitro benzene ring substituents is 1. The number of hydrogen-bond donors (Lipinski definition) is 1. The molecule has 0 aliphatic carbocycles. The molecule has 0 unspecified atom stereocenters. The summed E-state index contributed by atoms with van der Waals surface area (Å²) in [5, 5.41) is 13.5. The fraction of sp³-hybridized carbons (Fsp3) is 0.235. The summed E-state index contributed by atoms with van der Waals surface area (Å²) in [6.45, 7) is -0.568. The smallest absolute Gasteiger partial charge is 0.311 e. The summed E-state index contributed by atoms with van der Waals surface area (Å²) in [5.74, 6) is -0.684. The van der Waals surface area contributed by atoms with Crippen LogP contribution in [0.3, 0.4) is 0 Å². The molecule has 1 amide bonds. The molecule has 2 aromatic carbocycles. The van der Waals surface area contributed by atoms with Crippen LogP contribution in [0, 0.1) is 15.9 Å². The zero-order chi connectivity index (χ0) is 20.0. The second-order valence-electron chi connectivity index (χ2n) is 5.12. The summed E-state index contributed by atoms with van der Waals surface area (Å²) in [6, 6.07) is 5.74. The van der Waals surface area contributed by atoms with Crippen LogP contribution in [-0.4, -0.2) is 38.8 Å². The van der Waals surface area contributed by atoms with Gasteiger partial charge in [0.1, 0.15) is 5.82 Å². The molecule has 0 saturated carbocycles. The van der Waals surface area contributed by atoms with E-state index < -0.39 is 28.9 Å². The molecular weight excluding hydrogens is 363 g/mol. The molecule has 9 nitrogen and oxygen atoms in total. The Morgan fingerprint density at radius 1 is 1.07 bits per heavy atom. The molecule has 0 saturated heterocycles. The zero-order valence-electron chi connectivity index (χ0n) is 14.8. The van der Waals surface area contributed by atoms with Gasteiger partial charge in [0.2, 0.25) is 11.5 Å². The van der Waals surface area contributed by atoms with Crippen LogP contribution in [-0.2, 0) is 4.79 Å². The number of hydrogen-bond acceptors (Lipinski definition) is 7. The fourth-order valence-electron chi connectivity index (χ4n) is 2.25. The number of methoxy groups -OCH3 is 3. The third-order valence-corrected chi connectivity index (χ3v) is 3.43. The first kappa shape index (κ1) is 19.8. The van der Waals surface area contributed by atoms with Crippen LogP contribution in [0.25, 0.3) is 0 Å². The normalized spacial score (nSPS) is 10.1. The van der Waals surface area contributed by atoms with Crippen molar-refractivity contribution in [2.75, 3.05) is 33.3 Å². The van der Waals surface area contributed by atoms with E-state index in [4.69, 9.17) is 18.9 Å². The molecule has 0 aromatic heterocycles. The first-order chi connectivity index (χ1) is 12.9. The Morgan fingerprint density at radius 3 is 2.22 bits per heavy atom. The van der Waals surface area contributed by atoms with Gasteiger partial charge < -0.3 is 24.3 Å². The van der Waals surface area contributed by atoms with Crippen molar-refractivity contribution in [2.45, 2.75) is 0 Å². The second kappa shape index (κ2) is 8.70. The van der Waals surface area contributed by atoms with Crippen molar-refractivity contribution >= 4 is 17.3 Å². The maximum atomic E-state index is 13.3. The van der Waals surface area contributed by atoms with Crippen molar-refractivity contribution in [3.8, 4) is 23.0 Å². The van der Waals surface area contributed by atoms with Gasteiger partial charge >= 0.3 is 5.69 Å². The molecule has 1 N–H and O–H groups in total. The number of amides is 1. The van der Waals surface area contributed by atoms with Crippen LogP contribution in [0.5, 0.6) is 23.0 Å². The molecule has 2 aromatic rings. The lowest BCUT2D eigenvalue weighted by Gasteiger charge is -2.14. The highest BCUT2D eigenvalue weighted by Crippen LogP contribution is 2.39. The van der Waals surface area contributed by atoms with Gasteiger partial charge in [0.15, 0.2) is 18.1 Å². The van der Waals surface area contributed by atoms with Crippen molar-refractivity contribution in [1.29, 1.82) is 0 Å². The summed E-state index contributed by atoms with van der Waals surface area (Å²) in [7, 11) is 4.29. The molecule has 0 spiro atoms. The van der Waals surface area contributed by atoms with Crippen LogP contribution in [0.2, 0.25) is 0 Å². The quantitative estimate of drug-likeness (QED) is 0.554. The van der Waals surface area contributed by atoms with Gasteiger partial charge in [0.05, 0.1) is 26.3 Å². The molecule has 0 bridgehead atoms. The lowest BCUT2D eigenvalue weighted by atomic mass is 10.2. The third-order valence-electron chi connectivity index (χ3n) is 3.43. The van der Waals surface area contributed by atoms with E-state index in [1.165, 1.54) is 33.5 Å². The maximum absolute atomic E-state index is 13.3. The fourth-order valence-corrected chi connectivity index (χ4v) is 2.25. The minimum Gasteiger partial charge on any atom is -0.493 e. The number of carbonyl (C=O) groups excluding carboxylic acids is 1. The van der Waals surface area contributed by atoms with Gasteiger partial charge in [-0.3, -0.25) is 14.9 Å². The third kappa shape index (κ3) is 4.75. The molecule has 0 fully saturated rings. The highest BCUT2D eigenvalue weighted by molar-refractivity contribution is 5.92. The van der Waals surface area contributed by atoms with E-state index in [0.29, 0.717) is 22.9 Å². The minimum atomic E-state index is -0.730. The average Bonchev–Trinajstić information content (AvgIpc) is 2.65. The van der Waals surface area contributed by atoms with E-state index in [-0.39, 0.29) is 5.75 Å². The maximum Gasteiger partial charge on any atom is 0.311 e. The molecule has 10 heteroatoms. The van der Waals surface area contributed by atoms with Crippen molar-refractivity contribution in [3.05, 3.63) is 46.3 Å². The van der Waals surface area contributed by atoms with Gasteiger partial charge in [-0.05, 0) is 6.07 Å². The van der Waals surface area contributed by atoms with Crippen LogP contribution < -0.4 is 24.3 Å². The molecule has 27 heavy (non-hydrogen) atoms. The number of anilines is 1. The number of ether oxygens (including phenoxy) is 4. The number of halogens is 1. The van der Waals surface area contributed by atoms with E-state index in [2.05, 4.69) is 5.32 Å². The number of benzene rings is 2. The predicted molar refractivity (Wildman–Crippen MR) is 93.3 cm³/mol. The number of nitrogens with zero attached hydrogens (tertiary/aromatic N) is 1. The van der Waals surface area contributed by atoms with E-state index in [1.807, 2.05) is 0 Å². The van der Waals surface area contributed by atoms with E-state index in [9.17, 15) is 19.3 Å². The number of nitro groups is 1. The minimum absolute atomic E-state index is 0.326. The Hall–Kier alpha value is -3.56. The lowest BCUT2D eigenvalue weighted by molar-refractivity contribution is -0.385. The van der Waals surface area contributed by atoms with Crippen molar-refractivity contribution in [3.63, 3.8) is 0 Å². The summed E-state index contributed by atoms with van der Waals surface area (Å²) in [4.78, 5) is 22.3. The molecule has 0 atom stereocenters. The first-order valence-corrected chi connectivity index (χ1v) is 7.56. The monoisotopic (exact) mass is 380 g/mol. The number of rotatable bonds is 8. The summed E-state index contributed by atoms with van der Waals surface area (Å²) < 4.78 is 33.9. The Morgan fingerprint density at radius 2 is 1.70 bits per heavy atom.